The number of benzene rings is 2. The highest BCUT2D eigenvalue weighted by Crippen LogP contribution is 2.30. The van der Waals surface area contributed by atoms with E-state index in [1.807, 2.05) is 43.3 Å². The number of urea groups is 1. The van der Waals surface area contributed by atoms with Crippen LogP contribution in [0.15, 0.2) is 57.7 Å². The second kappa shape index (κ2) is 10.1. The maximum atomic E-state index is 13.2. The maximum absolute atomic E-state index is 13.2. The van der Waals surface area contributed by atoms with Gasteiger partial charge in [-0.1, -0.05) is 36.4 Å². The van der Waals surface area contributed by atoms with E-state index < -0.39 is 11.7 Å². The standard InChI is InChI=1S/C27H30N2O5/c1-4-33-26(31)23-11-7-8-14-29(23)27(32)28(3)17-19-12-13-21-22(16-25(30)34-24(21)15-19)20-10-6-5-9-18(20)2/h5-6,9-10,12-13,15-16,23H,4,7-8,11,14,17H2,1-3H3/t23-/m0/s1. The summed E-state index contributed by atoms with van der Waals surface area (Å²) in [5, 5.41) is 0.838. The zero-order valence-electron chi connectivity index (χ0n) is 19.9. The summed E-state index contributed by atoms with van der Waals surface area (Å²) in [4.78, 5) is 41.1. The lowest BCUT2D eigenvalue weighted by Crippen LogP contribution is -2.52. The van der Waals surface area contributed by atoms with E-state index in [4.69, 9.17) is 9.15 Å². The second-order valence-corrected chi connectivity index (χ2v) is 8.72. The highest BCUT2D eigenvalue weighted by Gasteiger charge is 2.34. The molecule has 0 aliphatic carbocycles. The van der Waals surface area contributed by atoms with E-state index in [0.29, 0.717) is 31.7 Å². The van der Waals surface area contributed by atoms with Gasteiger partial charge in [0.1, 0.15) is 11.6 Å². The first-order valence-electron chi connectivity index (χ1n) is 11.7. The molecule has 0 unspecified atom stereocenters. The molecule has 0 radical (unpaired) electrons. The van der Waals surface area contributed by atoms with Crippen LogP contribution in [0.4, 0.5) is 4.79 Å². The van der Waals surface area contributed by atoms with Gasteiger partial charge < -0.3 is 19.0 Å². The molecule has 4 rings (SSSR count). The smallest absolute Gasteiger partial charge is 0.336 e. The van der Waals surface area contributed by atoms with Crippen LogP contribution in [0.3, 0.4) is 0 Å². The fourth-order valence-electron chi connectivity index (χ4n) is 4.61. The van der Waals surface area contributed by atoms with Crippen molar-refractivity contribution in [2.45, 2.75) is 45.7 Å². The van der Waals surface area contributed by atoms with E-state index in [-0.39, 0.29) is 12.0 Å². The summed E-state index contributed by atoms with van der Waals surface area (Å²) < 4.78 is 10.7. The van der Waals surface area contributed by atoms with Gasteiger partial charge in [-0.3, -0.25) is 0 Å². The first-order valence-corrected chi connectivity index (χ1v) is 11.7. The van der Waals surface area contributed by atoms with Crippen LogP contribution in [0.2, 0.25) is 0 Å². The molecule has 1 saturated heterocycles. The van der Waals surface area contributed by atoms with Crippen molar-refractivity contribution in [3.8, 4) is 11.1 Å². The molecule has 0 saturated carbocycles. The number of nitrogens with zero attached hydrogens (tertiary/aromatic N) is 2. The van der Waals surface area contributed by atoms with Crippen molar-refractivity contribution in [3.05, 3.63) is 70.1 Å². The molecule has 0 spiro atoms. The number of aryl methyl sites for hydroxylation is 1. The minimum Gasteiger partial charge on any atom is -0.464 e. The largest absolute Gasteiger partial charge is 0.464 e. The van der Waals surface area contributed by atoms with Crippen LogP contribution in [0, 0.1) is 6.92 Å². The summed E-state index contributed by atoms with van der Waals surface area (Å²) in [7, 11) is 1.71. The number of carbonyl (C=O) groups is 2. The Hall–Kier alpha value is -3.61. The first-order chi connectivity index (χ1) is 16.4. The van der Waals surface area contributed by atoms with Crippen LogP contribution >= 0.6 is 0 Å². The van der Waals surface area contributed by atoms with Gasteiger partial charge in [-0.2, -0.15) is 0 Å². The lowest BCUT2D eigenvalue weighted by molar-refractivity contribution is -0.149. The third-order valence-corrected chi connectivity index (χ3v) is 6.30. The Morgan fingerprint density at radius 2 is 1.91 bits per heavy atom. The van der Waals surface area contributed by atoms with Gasteiger partial charge in [0.05, 0.1) is 6.61 Å². The highest BCUT2D eigenvalue weighted by atomic mass is 16.5. The molecule has 1 aliphatic heterocycles. The van der Waals surface area contributed by atoms with E-state index >= 15 is 0 Å². The minimum atomic E-state index is -0.546. The molecule has 2 amide bonds. The quantitative estimate of drug-likeness (QED) is 0.404. The van der Waals surface area contributed by atoms with E-state index in [0.717, 1.165) is 40.5 Å². The molecule has 178 valence electrons. The lowest BCUT2D eigenvalue weighted by atomic mass is 9.97. The molecule has 1 aromatic heterocycles. The fraction of sp³-hybridized carbons (Fsp3) is 0.370. The Labute approximate surface area is 198 Å². The summed E-state index contributed by atoms with van der Waals surface area (Å²) >= 11 is 0. The number of carbonyl (C=O) groups excluding carboxylic acids is 2. The third kappa shape index (κ3) is 4.83. The zero-order valence-corrected chi connectivity index (χ0v) is 19.9. The Morgan fingerprint density at radius 1 is 1.12 bits per heavy atom. The highest BCUT2D eigenvalue weighted by molar-refractivity contribution is 5.94. The number of hydrogen-bond acceptors (Lipinski definition) is 5. The lowest BCUT2D eigenvalue weighted by Gasteiger charge is -2.36. The molecular weight excluding hydrogens is 432 g/mol. The normalized spacial score (nSPS) is 15.9. The van der Waals surface area contributed by atoms with Gasteiger partial charge in [0.2, 0.25) is 0 Å². The fourth-order valence-corrected chi connectivity index (χ4v) is 4.61. The van der Waals surface area contributed by atoms with Crippen molar-refractivity contribution in [3.63, 3.8) is 0 Å². The van der Waals surface area contributed by atoms with Gasteiger partial charge in [-0.15, -0.1) is 0 Å². The number of piperidine rings is 1. The van der Waals surface area contributed by atoms with E-state index in [1.54, 1.807) is 29.8 Å². The number of likely N-dealkylation sites (tertiary alicyclic amines) is 1. The molecule has 1 atom stereocenters. The van der Waals surface area contributed by atoms with Crippen molar-refractivity contribution >= 4 is 23.0 Å². The van der Waals surface area contributed by atoms with Gasteiger partial charge in [0.25, 0.3) is 0 Å². The van der Waals surface area contributed by atoms with Gasteiger partial charge in [0, 0.05) is 37.2 Å². The van der Waals surface area contributed by atoms with E-state index in [2.05, 4.69) is 0 Å². The maximum Gasteiger partial charge on any atom is 0.336 e. The summed E-state index contributed by atoms with van der Waals surface area (Å²) in [6.45, 7) is 4.91. The van der Waals surface area contributed by atoms with Gasteiger partial charge in [-0.25, -0.2) is 14.4 Å². The zero-order chi connectivity index (χ0) is 24.2. The number of amides is 2. The predicted octanol–water partition coefficient (Wildman–Crippen LogP) is 4.74. The Balaban J connectivity index is 1.58. The summed E-state index contributed by atoms with van der Waals surface area (Å²) in [6, 6.07) is 14.3. The van der Waals surface area contributed by atoms with E-state index in [1.165, 1.54) is 6.07 Å². The van der Waals surface area contributed by atoms with Gasteiger partial charge >= 0.3 is 17.6 Å². The first kappa shape index (κ1) is 23.5. The van der Waals surface area contributed by atoms with Gasteiger partial charge in [-0.05, 0) is 55.9 Å². The van der Waals surface area contributed by atoms with Crippen LogP contribution in [0.5, 0.6) is 0 Å². The summed E-state index contributed by atoms with van der Waals surface area (Å²) in [6.07, 6.45) is 2.36. The van der Waals surface area contributed by atoms with Crippen molar-refractivity contribution in [2.24, 2.45) is 0 Å². The van der Waals surface area contributed by atoms with Gasteiger partial charge in [0.15, 0.2) is 0 Å². The molecule has 1 aliphatic rings. The van der Waals surface area contributed by atoms with Crippen molar-refractivity contribution in [2.75, 3.05) is 20.2 Å². The predicted molar refractivity (Wildman–Crippen MR) is 130 cm³/mol. The Kier molecular flexibility index (Phi) is 7.01. The number of rotatable bonds is 5. The molecule has 34 heavy (non-hydrogen) atoms. The van der Waals surface area contributed by atoms with Crippen LogP contribution in [-0.4, -0.2) is 48.0 Å². The molecule has 1 fully saturated rings. The molecule has 0 N–H and O–H groups in total. The summed E-state index contributed by atoms with van der Waals surface area (Å²) in [5.74, 6) is -0.347. The monoisotopic (exact) mass is 462 g/mol. The second-order valence-electron chi connectivity index (χ2n) is 8.72. The molecule has 2 aromatic carbocycles. The number of hydrogen-bond donors (Lipinski definition) is 0. The third-order valence-electron chi connectivity index (χ3n) is 6.30. The Bertz CT molecular complexity index is 1270. The summed E-state index contributed by atoms with van der Waals surface area (Å²) in [5.41, 5.74) is 3.77. The average Bonchev–Trinajstić information content (AvgIpc) is 2.83. The van der Waals surface area contributed by atoms with Crippen molar-refractivity contribution in [1.82, 2.24) is 9.80 Å². The van der Waals surface area contributed by atoms with Crippen LogP contribution in [0.1, 0.15) is 37.3 Å². The number of fused-ring (bicyclic) bond motifs is 1. The Morgan fingerprint density at radius 3 is 2.68 bits per heavy atom. The van der Waals surface area contributed by atoms with Crippen LogP contribution in [0.25, 0.3) is 22.1 Å². The molecule has 7 heteroatoms. The number of esters is 1. The van der Waals surface area contributed by atoms with Crippen LogP contribution < -0.4 is 5.63 Å². The molecular formula is C27H30N2O5. The van der Waals surface area contributed by atoms with Crippen molar-refractivity contribution < 1.29 is 18.7 Å². The average molecular weight is 463 g/mol. The molecule has 2 heterocycles. The van der Waals surface area contributed by atoms with Crippen LogP contribution in [-0.2, 0) is 16.1 Å². The molecule has 7 nitrogen and oxygen atoms in total. The molecule has 0 bridgehead atoms. The van der Waals surface area contributed by atoms with Crippen molar-refractivity contribution in [1.29, 1.82) is 0 Å². The minimum absolute atomic E-state index is 0.215. The van der Waals surface area contributed by atoms with E-state index in [9.17, 15) is 14.4 Å². The SMILES string of the molecule is CCOC(=O)[C@@H]1CCCCN1C(=O)N(C)Cc1ccc2c(-c3ccccc3C)cc(=O)oc2c1. The number of ether oxygens (including phenoxy) is 1. The topological polar surface area (TPSA) is 80.1 Å². The molecule has 3 aromatic rings.